The van der Waals surface area contributed by atoms with Crippen molar-refractivity contribution in [2.75, 3.05) is 0 Å². The van der Waals surface area contributed by atoms with E-state index in [0.29, 0.717) is 18.3 Å². The molecule has 204 valence electrons. The largest absolute Gasteiger partial charge is 0.359 e. The Morgan fingerprint density at radius 2 is 2.03 bits per heavy atom. The van der Waals surface area contributed by atoms with Crippen LogP contribution < -0.4 is 5.32 Å². The van der Waals surface area contributed by atoms with Crippen molar-refractivity contribution in [3.63, 3.8) is 0 Å². The minimum absolute atomic E-state index is 0.0546. The molecule has 1 saturated carbocycles. The second-order valence-corrected chi connectivity index (χ2v) is 13.2. The summed E-state index contributed by atoms with van der Waals surface area (Å²) in [4.78, 5) is 17.1. The third-order valence-electron chi connectivity index (χ3n) is 11.0. The van der Waals surface area contributed by atoms with Crippen molar-refractivity contribution in [3.8, 4) is 0 Å². The van der Waals surface area contributed by atoms with E-state index in [0.717, 1.165) is 38.5 Å². The molecule has 39 heavy (non-hydrogen) atoms. The number of nitrogens with one attached hydrogen (secondary N) is 1. The van der Waals surface area contributed by atoms with Crippen molar-refractivity contribution in [3.05, 3.63) is 77.7 Å². The highest BCUT2D eigenvalue weighted by atomic mass is 16.5. The van der Waals surface area contributed by atoms with E-state index in [1.807, 2.05) is 12.4 Å². The molecule has 5 aliphatic rings. The van der Waals surface area contributed by atoms with Crippen LogP contribution in [-0.4, -0.2) is 28.1 Å². The number of rotatable bonds is 7. The van der Waals surface area contributed by atoms with Crippen molar-refractivity contribution < 1.29 is 9.53 Å². The van der Waals surface area contributed by atoms with Crippen LogP contribution in [0.15, 0.2) is 72.1 Å². The molecule has 0 unspecified atom stereocenters. The van der Waals surface area contributed by atoms with Crippen molar-refractivity contribution in [2.24, 2.45) is 11.3 Å². The van der Waals surface area contributed by atoms with E-state index in [1.165, 1.54) is 53.2 Å². The normalized spacial score (nSPS) is 36.1. The number of amides is 1. The third kappa shape index (κ3) is 3.96. The molecule has 2 spiro atoms. The molecule has 0 radical (unpaired) electrons. The fourth-order valence-corrected chi connectivity index (χ4v) is 9.02. The molecule has 7 rings (SSSR count). The molecule has 3 heterocycles. The first-order valence-electron chi connectivity index (χ1n) is 15.4. The minimum Gasteiger partial charge on any atom is -0.359 e. The lowest BCUT2D eigenvalue weighted by Gasteiger charge is -2.53. The number of carbonyl (C=O) groups is 1. The van der Waals surface area contributed by atoms with Crippen LogP contribution in [0.2, 0.25) is 0 Å². The summed E-state index contributed by atoms with van der Waals surface area (Å²) in [5.41, 5.74) is 3.90. The first-order valence-corrected chi connectivity index (χ1v) is 15.4. The van der Waals surface area contributed by atoms with Gasteiger partial charge in [0.05, 0.1) is 17.2 Å². The highest BCUT2D eigenvalue weighted by molar-refractivity contribution is 5.82. The van der Waals surface area contributed by atoms with Gasteiger partial charge in [-0.3, -0.25) is 9.78 Å². The number of hydrogen-bond acceptors (Lipinski definition) is 3. The van der Waals surface area contributed by atoms with Gasteiger partial charge < -0.3 is 10.1 Å². The Labute approximate surface area is 233 Å². The molecular weight excluding hydrogens is 480 g/mol. The fourth-order valence-electron chi connectivity index (χ4n) is 9.02. The number of aromatic nitrogens is 1. The number of unbranched alkanes of at least 4 members (excludes halogenated alkanes) is 3. The van der Waals surface area contributed by atoms with E-state index in [1.54, 1.807) is 0 Å². The minimum atomic E-state index is -0.267. The Bertz CT molecular complexity index is 1390. The van der Waals surface area contributed by atoms with E-state index < -0.39 is 0 Å². The quantitative estimate of drug-likeness (QED) is 0.379. The number of fused-ring (bicyclic) bond motifs is 2. The summed E-state index contributed by atoms with van der Waals surface area (Å²) < 4.78 is 7.39. The van der Waals surface area contributed by atoms with Gasteiger partial charge in [-0.15, -0.1) is 0 Å². The standard InChI is InChI=1S/C35H42N2O2/c1-3-4-5-6-7-32(38)37-29-11-10-27-21-28-14-16-33(2)30(25-9-8-24-15-19-36-23-26(24)20-25)12-13-31(33)35(28)18-17-34(27,22-29)39-35/h8-11,14-15,19-21,23,29-31H,3-7,12-13,16-18,22H2,1-2H3,(H,37,38)/t29-,30-,31-,33-,34-,35-/m1/s1. The highest BCUT2D eigenvalue weighted by Crippen LogP contribution is 2.68. The predicted molar refractivity (Wildman–Crippen MR) is 156 cm³/mol. The van der Waals surface area contributed by atoms with Gasteiger partial charge in [0.15, 0.2) is 0 Å². The maximum absolute atomic E-state index is 12.7. The summed E-state index contributed by atoms with van der Waals surface area (Å²) in [7, 11) is 0. The molecule has 2 fully saturated rings. The van der Waals surface area contributed by atoms with Crippen LogP contribution in [0.5, 0.6) is 0 Å². The molecule has 1 amide bonds. The fraction of sp³-hybridized carbons (Fsp3) is 0.543. The first kappa shape index (κ1) is 25.3. The molecule has 4 heteroatoms. The van der Waals surface area contributed by atoms with Gasteiger partial charge in [-0.25, -0.2) is 0 Å². The van der Waals surface area contributed by atoms with Gasteiger partial charge >= 0.3 is 0 Å². The molecule has 4 nitrogen and oxygen atoms in total. The van der Waals surface area contributed by atoms with Crippen LogP contribution in [0.25, 0.3) is 10.8 Å². The third-order valence-corrected chi connectivity index (χ3v) is 11.0. The number of pyridine rings is 1. The second kappa shape index (κ2) is 9.44. The van der Waals surface area contributed by atoms with Crippen molar-refractivity contribution in [2.45, 2.75) is 108 Å². The SMILES string of the molecule is CCCCCCC(=O)N[C@@H]1C=CC2=CC3=CC[C@]4(C)[C@@H](c5ccc6ccncc6c5)CC[C@H]4[C@@]34CC[C@]2(C1)O4. The molecule has 6 atom stereocenters. The lowest BCUT2D eigenvalue weighted by molar-refractivity contribution is -0.132. The van der Waals surface area contributed by atoms with Gasteiger partial charge in [-0.05, 0) is 90.0 Å². The van der Waals surface area contributed by atoms with Crippen LogP contribution in [-0.2, 0) is 9.53 Å². The lowest BCUT2D eigenvalue weighted by atomic mass is 9.58. The van der Waals surface area contributed by atoms with Crippen LogP contribution in [0.3, 0.4) is 0 Å². The topological polar surface area (TPSA) is 51.2 Å². The van der Waals surface area contributed by atoms with E-state index >= 15 is 0 Å². The summed E-state index contributed by atoms with van der Waals surface area (Å²) in [6.07, 6.45) is 24.9. The number of carbonyl (C=O) groups excluding carboxylic acids is 1. The summed E-state index contributed by atoms with van der Waals surface area (Å²) in [5.74, 6) is 1.22. The zero-order valence-corrected chi connectivity index (χ0v) is 23.5. The monoisotopic (exact) mass is 522 g/mol. The Balaban J connectivity index is 1.13. The van der Waals surface area contributed by atoms with E-state index in [2.05, 4.69) is 72.7 Å². The lowest BCUT2D eigenvalue weighted by Crippen LogP contribution is -2.54. The van der Waals surface area contributed by atoms with Crippen LogP contribution in [0.4, 0.5) is 0 Å². The first-order chi connectivity index (χ1) is 19.0. The smallest absolute Gasteiger partial charge is 0.220 e. The summed E-state index contributed by atoms with van der Waals surface area (Å²) in [5, 5.41) is 5.82. The summed E-state index contributed by atoms with van der Waals surface area (Å²) in [6, 6.07) is 9.17. The number of benzene rings is 1. The summed E-state index contributed by atoms with van der Waals surface area (Å²) >= 11 is 0. The number of hydrogen-bond donors (Lipinski definition) is 1. The van der Waals surface area contributed by atoms with Gasteiger partial charge in [0.25, 0.3) is 0 Å². The Morgan fingerprint density at radius 3 is 2.92 bits per heavy atom. The molecule has 1 aromatic heterocycles. The van der Waals surface area contributed by atoms with Gasteiger partial charge in [0.1, 0.15) is 0 Å². The number of ether oxygens (including phenoxy) is 1. The molecule has 1 aromatic carbocycles. The highest BCUT2D eigenvalue weighted by Gasteiger charge is 2.66. The van der Waals surface area contributed by atoms with Crippen LogP contribution >= 0.6 is 0 Å². The van der Waals surface area contributed by atoms with E-state index in [4.69, 9.17) is 4.74 Å². The van der Waals surface area contributed by atoms with Crippen LogP contribution in [0.1, 0.15) is 96.0 Å². The Morgan fingerprint density at radius 1 is 1.10 bits per heavy atom. The van der Waals surface area contributed by atoms with E-state index in [-0.39, 0.29) is 28.6 Å². The summed E-state index contributed by atoms with van der Waals surface area (Å²) in [6.45, 7) is 4.74. The maximum Gasteiger partial charge on any atom is 0.220 e. The molecule has 3 aliphatic carbocycles. The zero-order valence-electron chi connectivity index (χ0n) is 23.5. The second-order valence-electron chi connectivity index (χ2n) is 13.2. The Hall–Kier alpha value is -2.72. The molecule has 1 saturated heterocycles. The zero-order chi connectivity index (χ0) is 26.7. The predicted octanol–water partition coefficient (Wildman–Crippen LogP) is 7.71. The van der Waals surface area contributed by atoms with Crippen molar-refractivity contribution >= 4 is 16.7 Å². The average Bonchev–Trinajstić information content (AvgIpc) is 3.46. The molecule has 2 aliphatic heterocycles. The van der Waals surface area contributed by atoms with Gasteiger partial charge in [-0.2, -0.15) is 0 Å². The van der Waals surface area contributed by atoms with E-state index in [9.17, 15) is 4.79 Å². The number of nitrogens with zero attached hydrogens (tertiary/aromatic N) is 1. The molecule has 1 N–H and O–H groups in total. The maximum atomic E-state index is 12.7. The molecular formula is C35H42N2O2. The molecule has 2 aromatic rings. The van der Waals surface area contributed by atoms with Gasteiger partial charge in [0.2, 0.25) is 5.91 Å². The average molecular weight is 523 g/mol. The van der Waals surface area contributed by atoms with Gasteiger partial charge in [0, 0.05) is 30.6 Å². The Kier molecular flexibility index (Phi) is 6.11. The van der Waals surface area contributed by atoms with Gasteiger partial charge in [-0.1, -0.05) is 69.5 Å². The van der Waals surface area contributed by atoms with Crippen molar-refractivity contribution in [1.82, 2.24) is 10.3 Å². The van der Waals surface area contributed by atoms with Crippen molar-refractivity contribution in [1.29, 1.82) is 0 Å². The van der Waals surface area contributed by atoms with Crippen LogP contribution in [0, 0.1) is 11.3 Å². The molecule has 2 bridgehead atoms. The number of allylic oxidation sites excluding steroid dienone is 1.